The summed E-state index contributed by atoms with van der Waals surface area (Å²) in [5, 5.41) is 3.68. The average molecular weight is 287 g/mol. The maximum absolute atomic E-state index is 4.82. The summed E-state index contributed by atoms with van der Waals surface area (Å²) < 4.78 is 2.41. The van der Waals surface area contributed by atoms with Gasteiger partial charge in [0.05, 0.1) is 11.0 Å². The smallest absolute Gasteiger partial charge is 0.110 e. The zero-order chi connectivity index (χ0) is 15.5. The third kappa shape index (κ3) is 3.65. The Hall–Kier alpha value is -1.35. The standard InChI is InChI=1S/C18H29N3/c1-6-10-17-20-15-11-8-9-12-16(15)21(17)14(3)13-19-18(4,5)7-2/h8-9,11-12,14,19H,6-7,10,13H2,1-5H3. The van der Waals surface area contributed by atoms with Gasteiger partial charge < -0.3 is 9.88 Å². The first-order valence-corrected chi connectivity index (χ1v) is 8.19. The minimum atomic E-state index is 0.190. The molecule has 3 nitrogen and oxygen atoms in total. The minimum absolute atomic E-state index is 0.190. The van der Waals surface area contributed by atoms with Crippen molar-refractivity contribution in [2.45, 2.75) is 65.5 Å². The number of imidazole rings is 1. The number of aromatic nitrogens is 2. The van der Waals surface area contributed by atoms with Crippen molar-refractivity contribution in [1.29, 1.82) is 0 Å². The number of hydrogen-bond donors (Lipinski definition) is 1. The van der Waals surface area contributed by atoms with E-state index in [9.17, 15) is 0 Å². The van der Waals surface area contributed by atoms with Crippen molar-refractivity contribution in [3.05, 3.63) is 30.1 Å². The van der Waals surface area contributed by atoms with Gasteiger partial charge in [-0.15, -0.1) is 0 Å². The summed E-state index contributed by atoms with van der Waals surface area (Å²) in [6, 6.07) is 8.87. The highest BCUT2D eigenvalue weighted by atomic mass is 15.1. The van der Waals surface area contributed by atoms with E-state index >= 15 is 0 Å². The van der Waals surface area contributed by atoms with E-state index in [0.29, 0.717) is 6.04 Å². The number of hydrogen-bond acceptors (Lipinski definition) is 2. The second kappa shape index (κ2) is 6.61. The highest BCUT2D eigenvalue weighted by Gasteiger charge is 2.19. The number of fused-ring (bicyclic) bond motifs is 1. The molecule has 3 heteroatoms. The Labute approximate surface area is 128 Å². The van der Waals surface area contributed by atoms with Gasteiger partial charge in [0.1, 0.15) is 5.82 Å². The van der Waals surface area contributed by atoms with Crippen LogP contribution < -0.4 is 5.32 Å². The number of para-hydroxylation sites is 2. The fourth-order valence-electron chi connectivity index (χ4n) is 2.63. The molecule has 0 radical (unpaired) electrons. The van der Waals surface area contributed by atoms with Gasteiger partial charge in [-0.25, -0.2) is 4.98 Å². The maximum Gasteiger partial charge on any atom is 0.110 e. The molecule has 0 saturated heterocycles. The van der Waals surface area contributed by atoms with Gasteiger partial charge in [-0.3, -0.25) is 0 Å². The van der Waals surface area contributed by atoms with Crippen LogP contribution in [0.4, 0.5) is 0 Å². The van der Waals surface area contributed by atoms with Gasteiger partial charge in [0.25, 0.3) is 0 Å². The molecule has 0 bridgehead atoms. The van der Waals surface area contributed by atoms with Gasteiger partial charge in [0.2, 0.25) is 0 Å². The van der Waals surface area contributed by atoms with Crippen molar-refractivity contribution in [2.75, 3.05) is 6.54 Å². The highest BCUT2D eigenvalue weighted by molar-refractivity contribution is 5.76. The number of benzene rings is 1. The zero-order valence-electron chi connectivity index (χ0n) is 14.1. The minimum Gasteiger partial charge on any atom is -0.324 e. The van der Waals surface area contributed by atoms with E-state index in [1.54, 1.807) is 0 Å². The number of nitrogens with one attached hydrogen (secondary N) is 1. The van der Waals surface area contributed by atoms with E-state index in [0.717, 1.165) is 31.3 Å². The Morgan fingerprint density at radius 1 is 1.24 bits per heavy atom. The fourth-order valence-corrected chi connectivity index (χ4v) is 2.63. The van der Waals surface area contributed by atoms with E-state index in [4.69, 9.17) is 4.98 Å². The van der Waals surface area contributed by atoms with Gasteiger partial charge in [-0.1, -0.05) is 26.0 Å². The van der Waals surface area contributed by atoms with Crippen LogP contribution in [0.25, 0.3) is 11.0 Å². The van der Waals surface area contributed by atoms with E-state index in [2.05, 4.69) is 68.8 Å². The Morgan fingerprint density at radius 3 is 2.62 bits per heavy atom. The Kier molecular flexibility index (Phi) is 5.04. The zero-order valence-corrected chi connectivity index (χ0v) is 14.1. The van der Waals surface area contributed by atoms with Crippen LogP contribution in [-0.4, -0.2) is 21.6 Å². The summed E-state index contributed by atoms with van der Waals surface area (Å²) in [6.45, 7) is 12.2. The summed E-state index contributed by atoms with van der Waals surface area (Å²) in [6.07, 6.45) is 3.30. The molecule has 1 aromatic carbocycles. The Balaban J connectivity index is 2.28. The molecule has 1 N–H and O–H groups in total. The molecule has 1 aromatic heterocycles. The molecule has 1 heterocycles. The molecule has 116 valence electrons. The largest absolute Gasteiger partial charge is 0.324 e. The second-order valence-electron chi connectivity index (χ2n) is 6.60. The first-order valence-electron chi connectivity index (χ1n) is 8.19. The van der Waals surface area contributed by atoms with E-state index < -0.39 is 0 Å². The molecule has 21 heavy (non-hydrogen) atoms. The lowest BCUT2D eigenvalue weighted by Gasteiger charge is -2.28. The van der Waals surface area contributed by atoms with Gasteiger partial charge in [0, 0.05) is 24.5 Å². The first kappa shape index (κ1) is 16.0. The Morgan fingerprint density at radius 2 is 1.95 bits per heavy atom. The quantitative estimate of drug-likeness (QED) is 0.821. The third-order valence-electron chi connectivity index (χ3n) is 4.34. The molecule has 0 aliphatic heterocycles. The molecular weight excluding hydrogens is 258 g/mol. The van der Waals surface area contributed by atoms with Crippen LogP contribution in [0.2, 0.25) is 0 Å². The van der Waals surface area contributed by atoms with Crippen LogP contribution in [0.5, 0.6) is 0 Å². The molecule has 0 saturated carbocycles. The summed E-state index contributed by atoms with van der Waals surface area (Å²) in [5.74, 6) is 1.21. The molecule has 0 spiro atoms. The predicted octanol–water partition coefficient (Wildman–Crippen LogP) is 4.33. The van der Waals surface area contributed by atoms with Crippen LogP contribution in [0.1, 0.15) is 59.3 Å². The van der Waals surface area contributed by atoms with E-state index in [-0.39, 0.29) is 5.54 Å². The fraction of sp³-hybridized carbons (Fsp3) is 0.611. The normalized spacial score (nSPS) is 13.8. The second-order valence-corrected chi connectivity index (χ2v) is 6.60. The molecule has 0 amide bonds. The summed E-state index contributed by atoms with van der Waals surface area (Å²) in [4.78, 5) is 4.82. The topological polar surface area (TPSA) is 29.9 Å². The van der Waals surface area contributed by atoms with Gasteiger partial charge >= 0.3 is 0 Å². The van der Waals surface area contributed by atoms with Crippen LogP contribution >= 0.6 is 0 Å². The lowest BCUT2D eigenvalue weighted by atomic mass is 10.0. The first-order chi connectivity index (χ1) is 9.98. The van der Waals surface area contributed by atoms with E-state index in [1.165, 1.54) is 11.3 Å². The monoisotopic (exact) mass is 287 g/mol. The lowest BCUT2D eigenvalue weighted by molar-refractivity contribution is 0.344. The SMILES string of the molecule is CCCc1nc2ccccc2n1C(C)CNC(C)(C)CC. The molecule has 0 aliphatic carbocycles. The maximum atomic E-state index is 4.82. The molecule has 1 unspecified atom stereocenters. The van der Waals surface area contributed by atoms with Crippen LogP contribution in [0.15, 0.2) is 24.3 Å². The van der Waals surface area contributed by atoms with Crippen molar-refractivity contribution < 1.29 is 0 Å². The number of nitrogens with zero attached hydrogens (tertiary/aromatic N) is 2. The van der Waals surface area contributed by atoms with Crippen molar-refractivity contribution in [3.8, 4) is 0 Å². The van der Waals surface area contributed by atoms with Gasteiger partial charge in [0.15, 0.2) is 0 Å². The molecule has 0 aliphatic rings. The lowest BCUT2D eigenvalue weighted by Crippen LogP contribution is -2.41. The van der Waals surface area contributed by atoms with Crippen molar-refractivity contribution in [1.82, 2.24) is 14.9 Å². The summed E-state index contributed by atoms with van der Waals surface area (Å²) in [7, 11) is 0. The highest BCUT2D eigenvalue weighted by Crippen LogP contribution is 2.22. The molecule has 2 aromatic rings. The third-order valence-corrected chi connectivity index (χ3v) is 4.34. The van der Waals surface area contributed by atoms with Gasteiger partial charge in [-0.2, -0.15) is 0 Å². The summed E-state index contributed by atoms with van der Waals surface area (Å²) >= 11 is 0. The van der Waals surface area contributed by atoms with Crippen LogP contribution in [0.3, 0.4) is 0 Å². The number of aryl methyl sites for hydroxylation is 1. The molecule has 1 atom stereocenters. The molecular formula is C18H29N3. The summed E-state index contributed by atoms with van der Waals surface area (Å²) in [5.41, 5.74) is 2.56. The van der Waals surface area contributed by atoms with Crippen LogP contribution in [-0.2, 0) is 6.42 Å². The van der Waals surface area contributed by atoms with Crippen LogP contribution in [0, 0.1) is 0 Å². The number of rotatable bonds is 7. The van der Waals surface area contributed by atoms with Gasteiger partial charge in [-0.05, 0) is 45.7 Å². The molecule has 0 fully saturated rings. The van der Waals surface area contributed by atoms with E-state index in [1.807, 2.05) is 0 Å². The predicted molar refractivity (Wildman–Crippen MR) is 90.8 cm³/mol. The van der Waals surface area contributed by atoms with Crippen molar-refractivity contribution in [3.63, 3.8) is 0 Å². The molecule has 2 rings (SSSR count). The van der Waals surface area contributed by atoms with Crippen molar-refractivity contribution >= 4 is 11.0 Å². The van der Waals surface area contributed by atoms with Crippen molar-refractivity contribution in [2.24, 2.45) is 0 Å². The Bertz CT molecular complexity index is 583. The average Bonchev–Trinajstić information content (AvgIpc) is 2.83.